The quantitative estimate of drug-likeness (QED) is 0.0386. The molecule has 0 saturated carbocycles. The second-order valence-corrected chi connectivity index (χ2v) is 16.0. The monoisotopic (exact) mass is 902 g/mol. The van der Waals surface area contributed by atoms with Crippen molar-refractivity contribution in [3.63, 3.8) is 0 Å². The third-order valence-electron chi connectivity index (χ3n) is 10.4. The third-order valence-corrected chi connectivity index (χ3v) is 11.1. The van der Waals surface area contributed by atoms with Gasteiger partial charge in [-0.15, -0.1) is 0 Å². The molecule has 1 aliphatic heterocycles. The number of hydrogen-bond acceptors (Lipinski definition) is 13. The summed E-state index contributed by atoms with van der Waals surface area (Å²) in [6.45, 7) is 6.50. The van der Waals surface area contributed by atoms with Crippen LogP contribution in [-0.2, 0) is 52.7 Å². The second-order valence-electron chi connectivity index (χ2n) is 15.0. The number of hydrogen-bond donors (Lipinski definition) is 11. The average molecular weight is 903 g/mol. The largest absolute Gasteiger partial charge is 0.481 e. The number of rotatable bonds is 29. The van der Waals surface area contributed by atoms with Crippen LogP contribution in [0.1, 0.15) is 91.9 Å². The molecule has 1 aliphatic rings. The summed E-state index contributed by atoms with van der Waals surface area (Å²) in [6, 6.07) is -10.0. The minimum Gasteiger partial charge on any atom is -0.481 e. The number of nitrogens with zero attached hydrogens (tertiary/aromatic N) is 1. The summed E-state index contributed by atoms with van der Waals surface area (Å²) < 4.78 is 0. The van der Waals surface area contributed by atoms with Crippen molar-refractivity contribution < 1.29 is 73.2 Å². The van der Waals surface area contributed by atoms with Gasteiger partial charge in [0.05, 0.1) is 13.0 Å². The maximum Gasteiger partial charge on any atom is 0.326 e. The molecule has 0 aromatic heterocycles. The highest BCUT2D eigenvalue weighted by atomic mass is 32.2. The molecule has 1 saturated heterocycles. The third kappa shape index (κ3) is 18.2. The van der Waals surface area contributed by atoms with Gasteiger partial charge >= 0.3 is 23.9 Å². The zero-order valence-electron chi connectivity index (χ0n) is 35.6. The standard InChI is InChI=1S/C38H62N8O15S/c1-6-19(3)30(36(58)42-23(14-16-62-5)33(55)43-24(38(60)61)17-29(52)53)45-37(59)31(20(4)7-2)44-34(56)22(11-13-28(50)51)40-32(54)21(10-12-27(48)49)41-35(57)25-9-8-15-46(25)26(47)18-39/h19-25,30-31H,6-18,39H2,1-5H3,(H,40,54)(H,41,57)(H,42,58)(H,43,55)(H,44,56)(H,45,59)(H,48,49)(H,50,51)(H,52,53)(H,60,61)/t19-,20-,21-,22-,23-,24-,25-,30-,31-/m0/s1. The van der Waals surface area contributed by atoms with Crippen molar-refractivity contribution >= 4 is 77.0 Å². The molecule has 23 nitrogen and oxygen atoms in total. The number of carbonyl (C=O) groups is 11. The minimum atomic E-state index is -1.80. The summed E-state index contributed by atoms with van der Waals surface area (Å²) in [5, 5.41) is 52.0. The van der Waals surface area contributed by atoms with E-state index in [-0.39, 0.29) is 32.4 Å². The van der Waals surface area contributed by atoms with Gasteiger partial charge in [0.25, 0.3) is 0 Å². The summed E-state index contributed by atoms with van der Waals surface area (Å²) in [6.07, 6.45) is -0.0917. The molecule has 1 rings (SSSR count). The van der Waals surface area contributed by atoms with E-state index in [4.69, 9.17) is 10.8 Å². The van der Waals surface area contributed by atoms with Crippen molar-refractivity contribution in [1.29, 1.82) is 0 Å². The van der Waals surface area contributed by atoms with Crippen LogP contribution >= 0.6 is 11.8 Å². The topological polar surface area (TPSA) is 370 Å². The number of thioether (sulfide) groups is 1. The fourth-order valence-electron chi connectivity index (χ4n) is 6.38. The fraction of sp³-hybridized carbons (Fsp3) is 0.711. The number of amides is 7. The highest BCUT2D eigenvalue weighted by Crippen LogP contribution is 2.18. The Morgan fingerprint density at radius 1 is 0.629 bits per heavy atom. The Hall–Kier alpha value is -5.52. The molecule has 0 radical (unpaired) electrons. The summed E-state index contributed by atoms with van der Waals surface area (Å²) >= 11 is 1.31. The van der Waals surface area contributed by atoms with Gasteiger partial charge in [0.1, 0.15) is 42.3 Å². The average Bonchev–Trinajstić information content (AvgIpc) is 3.72. The van der Waals surface area contributed by atoms with E-state index < -0.39 is 151 Å². The van der Waals surface area contributed by atoms with Gasteiger partial charge in [-0.2, -0.15) is 11.8 Å². The van der Waals surface area contributed by atoms with Crippen molar-refractivity contribution in [2.24, 2.45) is 17.6 Å². The molecular formula is C38H62N8O15S. The lowest BCUT2D eigenvalue weighted by atomic mass is 9.94. The maximum absolute atomic E-state index is 14.0. The van der Waals surface area contributed by atoms with E-state index in [2.05, 4.69) is 31.9 Å². The first-order valence-electron chi connectivity index (χ1n) is 20.3. The van der Waals surface area contributed by atoms with Crippen molar-refractivity contribution in [3.05, 3.63) is 0 Å². The summed E-state index contributed by atoms with van der Waals surface area (Å²) in [7, 11) is 0. The molecule has 7 amide bonds. The molecule has 350 valence electrons. The van der Waals surface area contributed by atoms with Gasteiger partial charge in [-0.25, -0.2) is 4.79 Å². The first-order chi connectivity index (χ1) is 29.1. The van der Waals surface area contributed by atoms with E-state index in [0.29, 0.717) is 18.6 Å². The molecule has 1 heterocycles. The minimum absolute atomic E-state index is 0.00214. The number of nitrogens with two attached hydrogens (primary N) is 1. The first kappa shape index (κ1) is 54.5. The van der Waals surface area contributed by atoms with Gasteiger partial charge in [0.15, 0.2) is 0 Å². The van der Waals surface area contributed by atoms with E-state index in [0.717, 1.165) is 0 Å². The number of likely N-dealkylation sites (tertiary alicyclic amines) is 1. The lowest BCUT2D eigenvalue weighted by molar-refractivity contribution is -0.147. The molecule has 0 aromatic carbocycles. The van der Waals surface area contributed by atoms with Crippen LogP contribution in [0.5, 0.6) is 0 Å². The SMILES string of the molecule is CC[C@H](C)[C@H](NC(=O)[C@H](CCC(=O)O)NC(=O)[C@H](CCC(=O)O)NC(=O)[C@@H]1CCCN1C(=O)CN)C(=O)N[C@H](C(=O)N[C@@H](CCSC)C(=O)N[C@@H](CC(=O)O)C(=O)O)[C@@H](C)CC. The Labute approximate surface area is 363 Å². The number of aliphatic carboxylic acids is 4. The second kappa shape index (κ2) is 27.4. The Bertz CT molecular complexity index is 1630. The predicted octanol–water partition coefficient (Wildman–Crippen LogP) is -2.02. The van der Waals surface area contributed by atoms with Gasteiger partial charge in [-0.3, -0.25) is 47.9 Å². The van der Waals surface area contributed by atoms with Crippen LogP contribution in [0.3, 0.4) is 0 Å². The molecule has 0 bridgehead atoms. The number of nitrogens with one attached hydrogen (secondary N) is 6. The Morgan fingerprint density at radius 3 is 1.52 bits per heavy atom. The highest BCUT2D eigenvalue weighted by Gasteiger charge is 2.38. The zero-order chi connectivity index (χ0) is 47.3. The van der Waals surface area contributed by atoms with Gasteiger partial charge in [0.2, 0.25) is 41.4 Å². The molecule has 62 heavy (non-hydrogen) atoms. The van der Waals surface area contributed by atoms with Crippen LogP contribution in [0.2, 0.25) is 0 Å². The lowest BCUT2D eigenvalue weighted by Gasteiger charge is -2.31. The summed E-state index contributed by atoms with van der Waals surface area (Å²) in [5.41, 5.74) is 5.47. The number of carboxylic acids is 4. The van der Waals surface area contributed by atoms with Crippen LogP contribution in [0.4, 0.5) is 0 Å². The van der Waals surface area contributed by atoms with Gasteiger partial charge < -0.3 is 63.0 Å². The lowest BCUT2D eigenvalue weighted by Crippen LogP contribution is -2.62. The Kier molecular flexibility index (Phi) is 24.1. The van der Waals surface area contributed by atoms with Crippen molar-refractivity contribution in [3.8, 4) is 0 Å². The predicted molar refractivity (Wildman–Crippen MR) is 221 cm³/mol. The van der Waals surface area contributed by atoms with Crippen LogP contribution in [0, 0.1) is 11.8 Å². The molecule has 1 fully saturated rings. The highest BCUT2D eigenvalue weighted by molar-refractivity contribution is 7.98. The maximum atomic E-state index is 14.0. The van der Waals surface area contributed by atoms with Crippen LogP contribution < -0.4 is 37.6 Å². The van der Waals surface area contributed by atoms with Crippen LogP contribution in [0.25, 0.3) is 0 Å². The fourth-order valence-corrected chi connectivity index (χ4v) is 6.85. The zero-order valence-corrected chi connectivity index (χ0v) is 36.4. The Morgan fingerprint density at radius 2 is 1.06 bits per heavy atom. The molecule has 12 N–H and O–H groups in total. The van der Waals surface area contributed by atoms with E-state index >= 15 is 0 Å². The van der Waals surface area contributed by atoms with E-state index in [1.54, 1.807) is 34.0 Å². The molecule has 0 spiro atoms. The molecule has 0 aromatic rings. The summed E-state index contributed by atoms with van der Waals surface area (Å²) in [4.78, 5) is 141. The van der Waals surface area contributed by atoms with Crippen LogP contribution in [-0.4, -0.2) is 158 Å². The van der Waals surface area contributed by atoms with Gasteiger partial charge in [-0.1, -0.05) is 40.5 Å². The van der Waals surface area contributed by atoms with E-state index in [1.807, 2.05) is 0 Å². The molecule has 9 atom stereocenters. The smallest absolute Gasteiger partial charge is 0.326 e. The molecule has 0 unspecified atom stereocenters. The summed E-state index contributed by atoms with van der Waals surface area (Å²) in [5.74, 6) is -12.7. The van der Waals surface area contributed by atoms with Crippen molar-refractivity contribution in [2.75, 3.05) is 25.1 Å². The normalized spacial score (nSPS) is 17.3. The van der Waals surface area contributed by atoms with Crippen LogP contribution in [0.15, 0.2) is 0 Å². The number of carbonyl (C=O) groups excluding carboxylic acids is 7. The van der Waals surface area contributed by atoms with Gasteiger partial charge in [-0.05, 0) is 55.9 Å². The molecular weight excluding hydrogens is 841 g/mol. The molecule has 24 heteroatoms. The van der Waals surface area contributed by atoms with Gasteiger partial charge in [0, 0.05) is 19.4 Å². The first-order valence-corrected chi connectivity index (χ1v) is 21.7. The Balaban J connectivity index is 3.41. The molecule has 0 aliphatic carbocycles. The van der Waals surface area contributed by atoms with E-state index in [1.165, 1.54) is 16.7 Å². The number of carboxylic acid groups (broad SMARTS) is 4. The van der Waals surface area contributed by atoms with Crippen molar-refractivity contribution in [2.45, 2.75) is 134 Å². The van der Waals surface area contributed by atoms with E-state index in [9.17, 15) is 68.1 Å². The van der Waals surface area contributed by atoms with Crippen molar-refractivity contribution in [1.82, 2.24) is 36.8 Å².